The Morgan fingerprint density at radius 1 is 1.47 bits per heavy atom. The second-order valence-corrected chi connectivity index (χ2v) is 4.89. The van der Waals surface area contributed by atoms with Crippen molar-refractivity contribution < 1.29 is 14.1 Å². The maximum absolute atomic E-state index is 11.0. The minimum Gasteiger partial charge on any atom is -0.478 e. The SMILES string of the molecule is CCC(=CCNCCS(=O)CC)C(=O)O. The molecular weight excluding hydrogens is 214 g/mol. The first-order chi connectivity index (χ1) is 7.11. The molecule has 0 radical (unpaired) electrons. The molecule has 0 bridgehead atoms. The Morgan fingerprint density at radius 2 is 2.13 bits per heavy atom. The average Bonchev–Trinajstić information content (AvgIpc) is 2.22. The zero-order valence-electron chi connectivity index (χ0n) is 9.28. The normalized spacial score (nSPS) is 13.9. The van der Waals surface area contributed by atoms with Crippen LogP contribution in [-0.4, -0.2) is 39.9 Å². The molecule has 0 amide bonds. The van der Waals surface area contributed by atoms with Gasteiger partial charge in [0.2, 0.25) is 0 Å². The molecule has 0 saturated heterocycles. The summed E-state index contributed by atoms with van der Waals surface area (Å²) in [6, 6.07) is 0. The molecule has 4 nitrogen and oxygen atoms in total. The highest BCUT2D eigenvalue weighted by molar-refractivity contribution is 7.84. The first-order valence-electron chi connectivity index (χ1n) is 5.09. The summed E-state index contributed by atoms with van der Waals surface area (Å²) in [5, 5.41) is 11.7. The molecule has 0 aromatic rings. The van der Waals surface area contributed by atoms with Crippen molar-refractivity contribution in [3.8, 4) is 0 Å². The minimum atomic E-state index is -0.864. The highest BCUT2D eigenvalue weighted by Gasteiger charge is 2.02. The fourth-order valence-corrected chi connectivity index (χ4v) is 1.67. The Balaban J connectivity index is 3.68. The second kappa shape index (κ2) is 8.61. The van der Waals surface area contributed by atoms with Crippen LogP contribution in [0.3, 0.4) is 0 Å². The molecule has 0 saturated carbocycles. The fraction of sp³-hybridized carbons (Fsp3) is 0.700. The van der Waals surface area contributed by atoms with Crippen LogP contribution in [0.25, 0.3) is 0 Å². The standard InChI is InChI=1S/C10H19NO3S/c1-3-9(10(12)13)5-6-11-7-8-15(14)4-2/h5,11H,3-4,6-8H2,1-2H3,(H,12,13). The van der Waals surface area contributed by atoms with Gasteiger partial charge in [-0.05, 0) is 6.42 Å². The average molecular weight is 233 g/mol. The third-order valence-electron chi connectivity index (χ3n) is 1.98. The molecular formula is C10H19NO3S. The van der Waals surface area contributed by atoms with Crippen molar-refractivity contribution in [3.05, 3.63) is 11.6 Å². The molecule has 0 aliphatic carbocycles. The van der Waals surface area contributed by atoms with Crippen molar-refractivity contribution in [1.82, 2.24) is 5.32 Å². The highest BCUT2D eigenvalue weighted by atomic mass is 32.2. The number of hydrogen-bond acceptors (Lipinski definition) is 3. The molecule has 1 unspecified atom stereocenters. The van der Waals surface area contributed by atoms with Crippen LogP contribution < -0.4 is 5.32 Å². The van der Waals surface area contributed by atoms with Crippen molar-refractivity contribution in [3.63, 3.8) is 0 Å². The van der Waals surface area contributed by atoms with E-state index in [1.165, 1.54) is 0 Å². The van der Waals surface area contributed by atoms with Crippen LogP contribution in [0.1, 0.15) is 20.3 Å². The van der Waals surface area contributed by atoms with Gasteiger partial charge in [0.15, 0.2) is 0 Å². The van der Waals surface area contributed by atoms with E-state index in [2.05, 4.69) is 5.32 Å². The molecule has 0 fully saturated rings. The summed E-state index contributed by atoms with van der Waals surface area (Å²) >= 11 is 0. The predicted octanol–water partition coefficient (Wildman–Crippen LogP) is 0.766. The molecule has 0 rings (SSSR count). The van der Waals surface area contributed by atoms with Gasteiger partial charge in [-0.1, -0.05) is 19.9 Å². The summed E-state index contributed by atoms with van der Waals surface area (Å²) in [7, 11) is -0.751. The summed E-state index contributed by atoms with van der Waals surface area (Å²) in [5.41, 5.74) is 0.416. The lowest BCUT2D eigenvalue weighted by Crippen LogP contribution is -2.21. The number of carboxylic acids is 1. The van der Waals surface area contributed by atoms with Gasteiger partial charge in [-0.25, -0.2) is 4.79 Å². The van der Waals surface area contributed by atoms with Gasteiger partial charge in [-0.3, -0.25) is 4.21 Å². The smallest absolute Gasteiger partial charge is 0.331 e. The molecule has 1 atom stereocenters. The molecule has 0 heterocycles. The lowest BCUT2D eigenvalue weighted by molar-refractivity contribution is -0.132. The molecule has 15 heavy (non-hydrogen) atoms. The molecule has 0 aliphatic rings. The Hall–Kier alpha value is -0.680. The third kappa shape index (κ3) is 7.27. The molecule has 88 valence electrons. The van der Waals surface area contributed by atoms with Gasteiger partial charge in [0.25, 0.3) is 0 Å². The first kappa shape index (κ1) is 14.3. The molecule has 0 aliphatic heterocycles. The van der Waals surface area contributed by atoms with Crippen molar-refractivity contribution in [2.75, 3.05) is 24.6 Å². The third-order valence-corrected chi connectivity index (χ3v) is 3.28. The Bertz CT molecular complexity index is 251. The zero-order chi connectivity index (χ0) is 11.7. The van der Waals surface area contributed by atoms with Crippen LogP contribution in [0, 0.1) is 0 Å². The van der Waals surface area contributed by atoms with Gasteiger partial charge in [0.05, 0.1) is 0 Å². The Morgan fingerprint density at radius 3 is 2.60 bits per heavy atom. The predicted molar refractivity (Wildman–Crippen MR) is 62.4 cm³/mol. The number of hydrogen-bond donors (Lipinski definition) is 2. The van der Waals surface area contributed by atoms with Crippen molar-refractivity contribution in [1.29, 1.82) is 0 Å². The van der Waals surface area contributed by atoms with E-state index < -0.39 is 16.8 Å². The lowest BCUT2D eigenvalue weighted by Gasteiger charge is -2.02. The first-order valence-corrected chi connectivity index (χ1v) is 6.58. The van der Waals surface area contributed by atoms with Gasteiger partial charge in [-0.2, -0.15) is 0 Å². The largest absolute Gasteiger partial charge is 0.478 e. The summed E-state index contributed by atoms with van der Waals surface area (Å²) in [6.07, 6.45) is 2.19. The summed E-state index contributed by atoms with van der Waals surface area (Å²) in [5.74, 6) is 0.433. The molecule has 0 spiro atoms. The molecule has 0 aromatic heterocycles. The van der Waals surface area contributed by atoms with Gasteiger partial charge in [-0.15, -0.1) is 0 Å². The van der Waals surface area contributed by atoms with E-state index >= 15 is 0 Å². The Kier molecular flexibility index (Phi) is 8.22. The van der Waals surface area contributed by atoms with Gasteiger partial charge < -0.3 is 10.4 Å². The van der Waals surface area contributed by atoms with E-state index in [-0.39, 0.29) is 0 Å². The van der Waals surface area contributed by atoms with Crippen LogP contribution in [0.4, 0.5) is 0 Å². The molecule has 2 N–H and O–H groups in total. The van der Waals surface area contributed by atoms with Gasteiger partial charge in [0.1, 0.15) is 0 Å². The number of carbonyl (C=O) groups is 1. The van der Waals surface area contributed by atoms with Gasteiger partial charge >= 0.3 is 5.97 Å². The van der Waals surface area contributed by atoms with Crippen LogP contribution in [-0.2, 0) is 15.6 Å². The summed E-state index contributed by atoms with van der Waals surface area (Å²) in [4.78, 5) is 10.6. The molecule has 0 aromatic carbocycles. The minimum absolute atomic E-state index is 0.416. The summed E-state index contributed by atoms with van der Waals surface area (Å²) in [6.45, 7) is 4.88. The van der Waals surface area contributed by atoms with Crippen LogP contribution in [0.15, 0.2) is 11.6 Å². The number of carboxylic acid groups (broad SMARTS) is 1. The fourth-order valence-electron chi connectivity index (χ4n) is 1.01. The van der Waals surface area contributed by atoms with E-state index in [1.54, 1.807) is 6.08 Å². The summed E-state index contributed by atoms with van der Waals surface area (Å²) < 4.78 is 11.0. The van der Waals surface area contributed by atoms with Crippen LogP contribution in [0.2, 0.25) is 0 Å². The van der Waals surface area contributed by atoms with E-state index in [0.29, 0.717) is 36.6 Å². The zero-order valence-corrected chi connectivity index (χ0v) is 10.1. The van der Waals surface area contributed by atoms with Crippen LogP contribution >= 0.6 is 0 Å². The maximum Gasteiger partial charge on any atom is 0.331 e. The van der Waals surface area contributed by atoms with Crippen molar-refractivity contribution in [2.24, 2.45) is 0 Å². The quantitative estimate of drug-likeness (QED) is 0.480. The van der Waals surface area contributed by atoms with Crippen molar-refractivity contribution >= 4 is 16.8 Å². The van der Waals surface area contributed by atoms with Gasteiger partial charge in [0, 0.05) is 41.0 Å². The van der Waals surface area contributed by atoms with E-state index in [4.69, 9.17) is 5.11 Å². The van der Waals surface area contributed by atoms with Crippen LogP contribution in [0.5, 0.6) is 0 Å². The lowest BCUT2D eigenvalue weighted by atomic mass is 10.2. The highest BCUT2D eigenvalue weighted by Crippen LogP contribution is 1.98. The van der Waals surface area contributed by atoms with E-state index in [1.807, 2.05) is 13.8 Å². The maximum atomic E-state index is 11.0. The van der Waals surface area contributed by atoms with E-state index in [9.17, 15) is 9.00 Å². The molecule has 5 heteroatoms. The Labute approximate surface area is 93.2 Å². The topological polar surface area (TPSA) is 66.4 Å². The number of nitrogens with one attached hydrogen (secondary N) is 1. The van der Waals surface area contributed by atoms with Crippen molar-refractivity contribution in [2.45, 2.75) is 20.3 Å². The monoisotopic (exact) mass is 233 g/mol. The number of aliphatic carboxylic acids is 1. The van der Waals surface area contributed by atoms with E-state index in [0.717, 1.165) is 0 Å². The number of rotatable bonds is 8. The second-order valence-electron chi connectivity index (χ2n) is 3.02.